The molecule has 0 aliphatic carbocycles. The topological polar surface area (TPSA) is 71.1 Å². The third-order valence-electron chi connectivity index (χ3n) is 3.63. The third kappa shape index (κ3) is 4.55. The van der Waals surface area contributed by atoms with Crippen molar-refractivity contribution in [1.29, 1.82) is 0 Å². The van der Waals surface area contributed by atoms with Crippen molar-refractivity contribution in [2.24, 2.45) is 0 Å². The minimum atomic E-state index is -0.290. The zero-order chi connectivity index (χ0) is 18.5. The molecule has 0 aliphatic rings. The average molecular weight is 410 g/mol. The maximum Gasteiger partial charge on any atom is 0.256 e. The molecule has 0 bridgehead atoms. The van der Waals surface area contributed by atoms with Gasteiger partial charge in [0.25, 0.3) is 11.8 Å². The van der Waals surface area contributed by atoms with Crippen LogP contribution in [-0.4, -0.2) is 16.8 Å². The lowest BCUT2D eigenvalue weighted by Crippen LogP contribution is -2.15. The molecule has 2 amide bonds. The molecule has 2 N–H and O–H groups in total. The summed E-state index contributed by atoms with van der Waals surface area (Å²) in [4.78, 5) is 28.9. The van der Waals surface area contributed by atoms with Gasteiger partial charge >= 0.3 is 0 Å². The number of aromatic nitrogens is 1. The molecule has 0 fully saturated rings. The maximum absolute atomic E-state index is 12.4. The van der Waals surface area contributed by atoms with E-state index in [1.54, 1.807) is 54.7 Å². The van der Waals surface area contributed by atoms with E-state index in [2.05, 4.69) is 31.5 Å². The first kappa shape index (κ1) is 17.8. The second kappa shape index (κ2) is 7.93. The van der Waals surface area contributed by atoms with Gasteiger partial charge in [-0.15, -0.1) is 0 Å². The van der Waals surface area contributed by atoms with Gasteiger partial charge in [-0.3, -0.25) is 9.59 Å². The van der Waals surface area contributed by atoms with Gasteiger partial charge in [-0.25, -0.2) is 4.98 Å². The molecular formula is C20H16BrN3O2. The van der Waals surface area contributed by atoms with Gasteiger partial charge in [-0.1, -0.05) is 28.1 Å². The average Bonchev–Trinajstić information content (AvgIpc) is 2.62. The van der Waals surface area contributed by atoms with Crippen LogP contribution in [0.1, 0.15) is 26.3 Å². The monoisotopic (exact) mass is 409 g/mol. The van der Waals surface area contributed by atoms with Gasteiger partial charge < -0.3 is 10.6 Å². The normalized spacial score (nSPS) is 10.2. The van der Waals surface area contributed by atoms with Crippen molar-refractivity contribution in [1.82, 2.24) is 4.98 Å². The molecule has 1 aromatic heterocycles. The van der Waals surface area contributed by atoms with Crippen LogP contribution in [0.15, 0.2) is 71.3 Å². The number of hydrogen-bond acceptors (Lipinski definition) is 3. The third-order valence-corrected chi connectivity index (χ3v) is 4.12. The molecule has 0 unspecified atom stereocenters. The summed E-state index contributed by atoms with van der Waals surface area (Å²) in [6, 6.07) is 17.5. The van der Waals surface area contributed by atoms with Gasteiger partial charge in [0, 0.05) is 27.5 Å². The first-order chi connectivity index (χ1) is 12.5. The Morgan fingerprint density at radius 2 is 1.58 bits per heavy atom. The number of amides is 2. The molecule has 0 saturated heterocycles. The number of rotatable bonds is 4. The Hall–Kier alpha value is -2.99. The minimum Gasteiger partial charge on any atom is -0.322 e. The lowest BCUT2D eigenvalue weighted by molar-refractivity contribution is 0.101. The number of benzene rings is 2. The van der Waals surface area contributed by atoms with Gasteiger partial charge in [0.2, 0.25) is 0 Å². The second-order valence-electron chi connectivity index (χ2n) is 5.72. The first-order valence-electron chi connectivity index (χ1n) is 7.92. The molecule has 0 atom stereocenters. The Kier molecular flexibility index (Phi) is 5.43. The zero-order valence-electron chi connectivity index (χ0n) is 14.0. The van der Waals surface area contributed by atoms with E-state index < -0.39 is 0 Å². The van der Waals surface area contributed by atoms with Crippen molar-refractivity contribution in [2.75, 3.05) is 10.6 Å². The van der Waals surface area contributed by atoms with E-state index in [0.29, 0.717) is 22.6 Å². The van der Waals surface area contributed by atoms with Crippen LogP contribution in [0.2, 0.25) is 0 Å². The fraction of sp³-hybridized carbons (Fsp3) is 0.0500. The molecule has 130 valence electrons. The summed E-state index contributed by atoms with van der Waals surface area (Å²) >= 11 is 3.34. The molecule has 5 nitrogen and oxygen atoms in total. The molecule has 26 heavy (non-hydrogen) atoms. The van der Waals surface area contributed by atoms with Gasteiger partial charge in [0.1, 0.15) is 5.82 Å². The summed E-state index contributed by atoms with van der Waals surface area (Å²) in [6.07, 6.45) is 1.64. The number of aryl methyl sites for hydroxylation is 1. The number of halogens is 1. The Bertz CT molecular complexity index is 973. The van der Waals surface area contributed by atoms with Crippen molar-refractivity contribution in [3.8, 4) is 0 Å². The smallest absolute Gasteiger partial charge is 0.256 e. The Balaban J connectivity index is 1.73. The summed E-state index contributed by atoms with van der Waals surface area (Å²) in [5.74, 6) is -0.0514. The molecule has 3 rings (SSSR count). The van der Waals surface area contributed by atoms with Crippen LogP contribution in [0.25, 0.3) is 0 Å². The summed E-state index contributed by atoms with van der Waals surface area (Å²) in [7, 11) is 0. The van der Waals surface area contributed by atoms with Crippen molar-refractivity contribution >= 4 is 39.2 Å². The van der Waals surface area contributed by atoms with Crippen molar-refractivity contribution in [2.45, 2.75) is 6.92 Å². The Morgan fingerprint density at radius 1 is 0.885 bits per heavy atom. The van der Waals surface area contributed by atoms with Gasteiger partial charge in [0.05, 0.1) is 0 Å². The number of carbonyl (C=O) groups excluding carboxylic acids is 2. The molecule has 0 radical (unpaired) electrons. The number of pyridine rings is 1. The molecule has 0 spiro atoms. The highest BCUT2D eigenvalue weighted by Gasteiger charge is 2.10. The number of nitrogens with zero attached hydrogens (tertiary/aromatic N) is 1. The lowest BCUT2D eigenvalue weighted by Gasteiger charge is -2.09. The molecule has 3 aromatic rings. The minimum absolute atomic E-state index is 0.246. The van der Waals surface area contributed by atoms with E-state index in [4.69, 9.17) is 0 Å². The predicted molar refractivity (Wildman–Crippen MR) is 105 cm³/mol. The van der Waals surface area contributed by atoms with Crippen LogP contribution < -0.4 is 10.6 Å². The first-order valence-corrected chi connectivity index (χ1v) is 8.71. The molecular weight excluding hydrogens is 394 g/mol. The molecule has 2 aromatic carbocycles. The summed E-state index contributed by atoms with van der Waals surface area (Å²) in [5.41, 5.74) is 2.50. The summed E-state index contributed by atoms with van der Waals surface area (Å²) in [6.45, 7) is 1.93. The quantitative estimate of drug-likeness (QED) is 0.658. The molecule has 0 aliphatic heterocycles. The predicted octanol–water partition coefficient (Wildman–Crippen LogP) is 4.66. The van der Waals surface area contributed by atoms with Gasteiger partial charge in [-0.05, 0) is 61.0 Å². The van der Waals surface area contributed by atoms with Crippen LogP contribution in [0.3, 0.4) is 0 Å². The van der Waals surface area contributed by atoms with Crippen LogP contribution >= 0.6 is 15.9 Å². The van der Waals surface area contributed by atoms with Crippen molar-refractivity contribution in [3.63, 3.8) is 0 Å². The summed E-state index contributed by atoms with van der Waals surface area (Å²) in [5, 5.41) is 5.55. The fourth-order valence-corrected chi connectivity index (χ4v) is 2.76. The SMILES string of the molecule is Cc1ccnc(NC(=O)c2cccc(NC(=O)c3cccc(Br)c3)c2)c1. The number of hydrogen-bond donors (Lipinski definition) is 2. The highest BCUT2D eigenvalue weighted by atomic mass is 79.9. The van der Waals surface area contributed by atoms with E-state index in [1.807, 2.05) is 19.1 Å². The molecule has 6 heteroatoms. The highest BCUT2D eigenvalue weighted by Crippen LogP contribution is 2.16. The number of anilines is 2. The maximum atomic E-state index is 12.4. The molecule has 0 saturated carbocycles. The summed E-state index contributed by atoms with van der Waals surface area (Å²) < 4.78 is 0.823. The Labute approximate surface area is 159 Å². The largest absolute Gasteiger partial charge is 0.322 e. The van der Waals surface area contributed by atoms with Gasteiger partial charge in [-0.2, -0.15) is 0 Å². The second-order valence-corrected chi connectivity index (χ2v) is 6.63. The number of carbonyl (C=O) groups is 2. The molecule has 1 heterocycles. The standard InChI is InChI=1S/C20H16BrN3O2/c1-13-8-9-22-18(10-13)24-20(26)15-5-3-7-17(12-15)23-19(25)14-4-2-6-16(21)11-14/h2-12H,1H3,(H,23,25)(H,22,24,26). The van der Waals surface area contributed by atoms with Crippen LogP contribution in [0.4, 0.5) is 11.5 Å². The van der Waals surface area contributed by atoms with E-state index in [-0.39, 0.29) is 11.8 Å². The van der Waals surface area contributed by atoms with Crippen LogP contribution in [0.5, 0.6) is 0 Å². The van der Waals surface area contributed by atoms with Crippen LogP contribution in [0, 0.1) is 6.92 Å². The number of nitrogens with one attached hydrogen (secondary N) is 2. The highest BCUT2D eigenvalue weighted by molar-refractivity contribution is 9.10. The lowest BCUT2D eigenvalue weighted by atomic mass is 10.1. The van der Waals surface area contributed by atoms with E-state index >= 15 is 0 Å². The van der Waals surface area contributed by atoms with Crippen molar-refractivity contribution in [3.05, 3.63) is 88.0 Å². The Morgan fingerprint density at radius 3 is 2.31 bits per heavy atom. The van der Waals surface area contributed by atoms with Gasteiger partial charge in [0.15, 0.2) is 0 Å². The van der Waals surface area contributed by atoms with E-state index in [1.165, 1.54) is 0 Å². The van der Waals surface area contributed by atoms with Crippen LogP contribution in [-0.2, 0) is 0 Å². The fourth-order valence-electron chi connectivity index (χ4n) is 2.36. The van der Waals surface area contributed by atoms with E-state index in [0.717, 1.165) is 10.0 Å². The van der Waals surface area contributed by atoms with E-state index in [9.17, 15) is 9.59 Å². The zero-order valence-corrected chi connectivity index (χ0v) is 15.6. The van der Waals surface area contributed by atoms with Crippen molar-refractivity contribution < 1.29 is 9.59 Å².